The minimum absolute atomic E-state index is 1.21. The molecule has 0 aromatic heterocycles. The van der Waals surface area contributed by atoms with E-state index in [2.05, 4.69) is 515 Å². The molecule has 0 bridgehead atoms. The Morgan fingerprint density at radius 3 is 0.701 bits per heavy atom. The van der Waals surface area contributed by atoms with Gasteiger partial charge in [-0.05, 0) is 342 Å². The molecular formula is C134H96. The van der Waals surface area contributed by atoms with Crippen molar-refractivity contribution in [1.29, 1.82) is 0 Å². The Kier molecular flexibility index (Phi) is 21.2. The first-order valence-corrected chi connectivity index (χ1v) is 46.8. The maximum atomic E-state index is 2.42. The molecule has 0 fully saturated rings. The molecule has 0 unspecified atom stereocenters. The van der Waals surface area contributed by atoms with E-state index in [4.69, 9.17) is 0 Å². The summed E-state index contributed by atoms with van der Waals surface area (Å²) in [7, 11) is 0. The van der Waals surface area contributed by atoms with Gasteiger partial charge in [0.25, 0.3) is 0 Å². The van der Waals surface area contributed by atoms with Crippen LogP contribution < -0.4 is 0 Å². The summed E-state index contributed by atoms with van der Waals surface area (Å²) >= 11 is 0. The van der Waals surface area contributed by atoms with Gasteiger partial charge in [-0.15, -0.1) is 0 Å². The number of hydrogen-bond acceptors (Lipinski definition) is 0. The third kappa shape index (κ3) is 14.9. The summed E-state index contributed by atoms with van der Waals surface area (Å²) in [5, 5.41) is 28.1. The van der Waals surface area contributed by atoms with E-state index < -0.39 is 0 Å². The molecule has 25 aromatic rings. The summed E-state index contributed by atoms with van der Waals surface area (Å²) in [6, 6.07) is 174. The van der Waals surface area contributed by atoms with Gasteiger partial charge in [-0.25, -0.2) is 0 Å². The molecule has 632 valence electrons. The van der Waals surface area contributed by atoms with Crippen LogP contribution in [0.5, 0.6) is 0 Å². The summed E-state index contributed by atoms with van der Waals surface area (Å²) in [6.45, 7) is 13.2. The Bertz CT molecular complexity index is 8790. The Labute approximate surface area is 783 Å². The van der Waals surface area contributed by atoms with Crippen molar-refractivity contribution in [2.75, 3.05) is 0 Å². The van der Waals surface area contributed by atoms with Crippen molar-refractivity contribution in [3.63, 3.8) is 0 Å². The van der Waals surface area contributed by atoms with Gasteiger partial charge in [0.15, 0.2) is 0 Å². The third-order valence-electron chi connectivity index (χ3n) is 27.9. The summed E-state index contributed by atoms with van der Waals surface area (Å²) < 4.78 is 0. The third-order valence-corrected chi connectivity index (χ3v) is 27.9. The summed E-state index contributed by atoms with van der Waals surface area (Å²) in [4.78, 5) is 0. The molecule has 0 aliphatic rings. The lowest BCUT2D eigenvalue weighted by molar-refractivity contribution is 1.40. The largest absolute Gasteiger partial charge is 0.0620 e. The van der Waals surface area contributed by atoms with Crippen molar-refractivity contribution in [2.24, 2.45) is 0 Å². The maximum absolute atomic E-state index is 2.42. The lowest BCUT2D eigenvalue weighted by Crippen LogP contribution is -1.94. The van der Waals surface area contributed by atoms with Crippen LogP contribution in [-0.2, 0) is 0 Å². The van der Waals surface area contributed by atoms with Gasteiger partial charge in [0.05, 0.1) is 0 Å². The predicted octanol–water partition coefficient (Wildman–Crippen LogP) is 37.9. The highest BCUT2D eigenvalue weighted by atomic mass is 14.3. The van der Waals surface area contributed by atoms with E-state index in [1.807, 2.05) is 0 Å². The Balaban J connectivity index is 0.000000114. The van der Waals surface area contributed by atoms with Crippen molar-refractivity contribution in [2.45, 2.75) is 41.5 Å². The van der Waals surface area contributed by atoms with Crippen LogP contribution in [0.2, 0.25) is 0 Å². The van der Waals surface area contributed by atoms with Crippen LogP contribution in [0.25, 0.3) is 241 Å². The molecule has 0 aliphatic heterocycles. The molecule has 0 radical (unpaired) electrons. The van der Waals surface area contributed by atoms with Crippen LogP contribution in [0.4, 0.5) is 0 Å². The molecule has 0 atom stereocenters. The lowest BCUT2D eigenvalue weighted by atomic mass is 9.83. The van der Waals surface area contributed by atoms with Gasteiger partial charge in [-0.3, -0.25) is 0 Å². The van der Waals surface area contributed by atoms with Crippen molar-refractivity contribution in [3.8, 4) is 122 Å². The summed E-state index contributed by atoms with van der Waals surface area (Å²) in [6.07, 6.45) is 0. The zero-order chi connectivity index (χ0) is 90.0. The summed E-state index contributed by atoms with van der Waals surface area (Å²) in [5.41, 5.74) is 35.6. The summed E-state index contributed by atoms with van der Waals surface area (Å²) in [5.74, 6) is 0. The van der Waals surface area contributed by atoms with Crippen LogP contribution in [-0.4, -0.2) is 0 Å². The topological polar surface area (TPSA) is 0 Å². The van der Waals surface area contributed by atoms with E-state index in [-0.39, 0.29) is 0 Å². The molecule has 0 N–H and O–H groups in total. The predicted molar refractivity (Wildman–Crippen MR) is 580 cm³/mol. The number of hydrogen-bond donors (Lipinski definition) is 0. The zero-order valence-corrected chi connectivity index (χ0v) is 76.0. The van der Waals surface area contributed by atoms with Gasteiger partial charge in [0.2, 0.25) is 0 Å². The second-order valence-corrected chi connectivity index (χ2v) is 36.3. The van der Waals surface area contributed by atoms with Gasteiger partial charge in [0, 0.05) is 0 Å². The highest BCUT2D eigenvalue weighted by Gasteiger charge is 2.25. The number of aryl methyl sites for hydroxylation is 6. The second kappa shape index (κ2) is 34.7. The van der Waals surface area contributed by atoms with E-state index in [0.717, 1.165) is 0 Å². The van der Waals surface area contributed by atoms with Gasteiger partial charge < -0.3 is 0 Å². The molecule has 0 aliphatic carbocycles. The molecule has 0 spiro atoms. The number of benzene rings is 25. The Morgan fingerprint density at radius 2 is 0.336 bits per heavy atom. The molecule has 0 heteroatoms. The minimum Gasteiger partial charge on any atom is -0.0620 e. The quantitative estimate of drug-likeness (QED) is 0.113. The molecule has 0 saturated carbocycles. The fourth-order valence-corrected chi connectivity index (χ4v) is 21.3. The molecule has 25 rings (SSSR count). The molecular weight excluding hydrogens is 1610 g/mol. The minimum atomic E-state index is 1.21. The second-order valence-electron chi connectivity index (χ2n) is 36.3. The van der Waals surface area contributed by atoms with E-state index in [0.29, 0.717) is 0 Å². The fourth-order valence-electron chi connectivity index (χ4n) is 21.3. The number of fused-ring (bicyclic) bond motifs is 11. The lowest BCUT2D eigenvalue weighted by Gasteiger charge is -2.20. The van der Waals surface area contributed by atoms with Crippen molar-refractivity contribution >= 4 is 118 Å². The first kappa shape index (κ1) is 81.8. The first-order valence-electron chi connectivity index (χ1n) is 46.8. The average Bonchev–Trinajstić information content (AvgIpc) is 0.730. The molecule has 0 amide bonds. The smallest absolute Gasteiger partial charge is 0.00199 e. The normalized spacial score (nSPS) is 11.5. The van der Waals surface area contributed by atoms with Gasteiger partial charge in [-0.2, -0.15) is 0 Å². The van der Waals surface area contributed by atoms with Crippen LogP contribution in [0.1, 0.15) is 33.4 Å². The van der Waals surface area contributed by atoms with Crippen LogP contribution in [0.15, 0.2) is 473 Å². The van der Waals surface area contributed by atoms with E-state index in [9.17, 15) is 0 Å². The zero-order valence-electron chi connectivity index (χ0n) is 76.0. The molecule has 134 heavy (non-hydrogen) atoms. The van der Waals surface area contributed by atoms with Crippen LogP contribution >= 0.6 is 0 Å². The van der Waals surface area contributed by atoms with E-state index in [1.54, 1.807) is 0 Å². The highest BCUT2D eigenvalue weighted by Crippen LogP contribution is 2.52. The first-order chi connectivity index (χ1) is 65.9. The SMILES string of the molecule is Cc1ccc(-c2cc(-c3c4ccccc4c(-c4ccccc4C)c4ccccc34)c3ccccc3c2)cc1.Cc1ccc(C)c(-c2c3ccccc3c(-c3cc(-c4ccc(-c5ccc6ccccc6c5)cc4)cc4ccccc34)c3ccccc23)c1.Cc1ccc(C)c(-c2c3ccccc3c(-c3cc(-c4ccc(-c5cccc6ccccc56)cc4)cc4ccccc34)c3ccccc23)c1. The molecule has 25 aromatic carbocycles. The standard InChI is InChI=1S/2C48H34.C38H28/c1-31-22-23-32(2)45(28-31)47-41-17-7-9-19-43(41)48(44-20-10-8-18-42(44)47)46-30-37(29-36-13-4-6-16-40(36)46)33-24-26-35(27-25-33)39-21-11-14-34-12-3-5-15-38(34)39;1-31-19-20-32(2)45(27-31)47-41-15-7-9-17-43(41)48(44-18-10-8-16-42(44)47)46-30-39(29-38-13-5-6-14-40(38)46)35-23-21-34(22-24-35)37-26-25-33-11-3-4-12-36(33)28-37;1-25-19-21-27(22-20-25)29-23-28-12-4-6-14-31(28)36(24-29)38-34-17-9-7-15-32(34)37(30-13-5-3-11-26(30)2)33-16-8-10-18-35(33)38/h2*3-30H,1-2H3;3-24H,1-2H3. The highest BCUT2D eigenvalue weighted by molar-refractivity contribution is 6.28. The maximum Gasteiger partial charge on any atom is -0.00199 e. The van der Waals surface area contributed by atoms with E-state index >= 15 is 0 Å². The Hall–Kier alpha value is -16.6. The van der Waals surface area contributed by atoms with Gasteiger partial charge in [-0.1, -0.05) is 447 Å². The fraction of sp³-hybridized carbons (Fsp3) is 0.0448. The molecule has 0 nitrogen and oxygen atoms in total. The van der Waals surface area contributed by atoms with Crippen LogP contribution in [0, 0.1) is 41.5 Å². The van der Waals surface area contributed by atoms with Gasteiger partial charge in [0.1, 0.15) is 0 Å². The van der Waals surface area contributed by atoms with Crippen molar-refractivity contribution in [1.82, 2.24) is 0 Å². The number of rotatable bonds is 11. The molecule has 0 saturated heterocycles. The monoisotopic (exact) mass is 1700 g/mol. The van der Waals surface area contributed by atoms with Gasteiger partial charge >= 0.3 is 0 Å². The van der Waals surface area contributed by atoms with Crippen molar-refractivity contribution < 1.29 is 0 Å². The van der Waals surface area contributed by atoms with Crippen LogP contribution in [0.3, 0.4) is 0 Å². The molecule has 0 heterocycles. The van der Waals surface area contributed by atoms with E-state index in [1.165, 1.54) is 274 Å². The average molecular weight is 1710 g/mol. The van der Waals surface area contributed by atoms with Crippen molar-refractivity contribution in [3.05, 3.63) is 507 Å². The Morgan fingerprint density at radius 1 is 0.104 bits per heavy atom.